The van der Waals surface area contributed by atoms with Gasteiger partial charge in [0.25, 0.3) is 0 Å². The molecule has 0 atom stereocenters. The molecule has 0 amide bonds. The first-order valence-corrected chi connectivity index (χ1v) is 12.7. The molecule has 0 bridgehead atoms. The van der Waals surface area contributed by atoms with E-state index in [1.807, 2.05) is 35.2 Å². The van der Waals surface area contributed by atoms with Crippen LogP contribution in [0.15, 0.2) is 59.8 Å². The highest BCUT2D eigenvalue weighted by molar-refractivity contribution is 7.91. The van der Waals surface area contributed by atoms with Crippen LogP contribution in [-0.2, 0) is 25.6 Å². The second-order valence-corrected chi connectivity index (χ2v) is 11.6. The predicted octanol–water partition coefficient (Wildman–Crippen LogP) is 3.58. The van der Waals surface area contributed by atoms with E-state index < -0.39 is 15.4 Å². The Balaban J connectivity index is 1.52. The van der Waals surface area contributed by atoms with Crippen molar-refractivity contribution in [2.24, 2.45) is 0 Å². The van der Waals surface area contributed by atoms with Gasteiger partial charge >= 0.3 is 0 Å². The van der Waals surface area contributed by atoms with E-state index in [0.29, 0.717) is 30.6 Å². The van der Waals surface area contributed by atoms with Crippen LogP contribution >= 0.6 is 0 Å². The normalized spacial score (nSPS) is 17.2. The summed E-state index contributed by atoms with van der Waals surface area (Å²) in [5.41, 5.74) is 3.38. The van der Waals surface area contributed by atoms with Gasteiger partial charge in [0.05, 0.1) is 34.9 Å². The van der Waals surface area contributed by atoms with E-state index in [4.69, 9.17) is 4.74 Å². The average Bonchev–Trinajstić information content (AvgIpc) is 3.14. The van der Waals surface area contributed by atoms with E-state index in [1.54, 1.807) is 45.3 Å². The number of aromatic nitrogens is 2. The minimum absolute atomic E-state index is 0.0505. The number of hydrogen-bond donors (Lipinski definition) is 1. The molecule has 7 nitrogen and oxygen atoms in total. The van der Waals surface area contributed by atoms with Gasteiger partial charge in [0.2, 0.25) is 5.95 Å². The second-order valence-electron chi connectivity index (χ2n) is 9.35. The van der Waals surface area contributed by atoms with Crippen LogP contribution in [0.5, 0.6) is 0 Å². The SMILES string of the molecule is CCS(=O)(=O)c1ccc2c(c1)N(c1ncc(-c3cccc(C(C)(C)O)c3)cn1)CC21COC1. The summed E-state index contributed by atoms with van der Waals surface area (Å²) >= 11 is 0. The number of benzene rings is 2. The van der Waals surface area contributed by atoms with Crippen molar-refractivity contribution in [1.29, 1.82) is 0 Å². The fourth-order valence-electron chi connectivity index (χ4n) is 4.48. The van der Waals surface area contributed by atoms with Gasteiger partial charge in [0.1, 0.15) is 0 Å². The summed E-state index contributed by atoms with van der Waals surface area (Å²) in [5.74, 6) is 0.572. The van der Waals surface area contributed by atoms with Crippen LogP contribution < -0.4 is 4.90 Å². The molecule has 1 N–H and O–H groups in total. The Hall–Kier alpha value is -2.81. The summed E-state index contributed by atoms with van der Waals surface area (Å²) in [6, 6.07) is 13.0. The summed E-state index contributed by atoms with van der Waals surface area (Å²) < 4.78 is 30.5. The van der Waals surface area contributed by atoms with Crippen LogP contribution in [0.3, 0.4) is 0 Å². The van der Waals surface area contributed by atoms with Gasteiger partial charge in [-0.05, 0) is 48.7 Å². The number of aliphatic hydroxyl groups is 1. The largest absolute Gasteiger partial charge is 0.386 e. The Morgan fingerprint density at radius 2 is 1.82 bits per heavy atom. The molecule has 2 aliphatic heterocycles. The van der Waals surface area contributed by atoms with Gasteiger partial charge in [-0.2, -0.15) is 0 Å². The fourth-order valence-corrected chi connectivity index (χ4v) is 5.38. The number of fused-ring (bicyclic) bond motifs is 2. The molecule has 0 radical (unpaired) electrons. The highest BCUT2D eigenvalue weighted by Crippen LogP contribution is 2.48. The number of ether oxygens (including phenoxy) is 1. The molecule has 5 rings (SSSR count). The van der Waals surface area contributed by atoms with E-state index in [2.05, 4.69) is 9.97 Å². The standard InChI is InChI=1S/C25H27N3O4S/c1-4-33(30,31)20-8-9-21-22(11-20)28(14-25(21)15-32-16-25)23-26-12-18(13-27-23)17-6-5-7-19(10-17)24(2,3)29/h5-13,29H,4,14-16H2,1-3H3. The number of rotatable bonds is 5. The van der Waals surface area contributed by atoms with Gasteiger partial charge in [-0.25, -0.2) is 18.4 Å². The molecular formula is C25H27N3O4S. The van der Waals surface area contributed by atoms with Gasteiger partial charge in [-0.3, -0.25) is 0 Å². The molecule has 1 spiro atoms. The topological polar surface area (TPSA) is 92.6 Å². The van der Waals surface area contributed by atoms with Gasteiger partial charge in [-0.15, -0.1) is 0 Å². The molecule has 2 aromatic carbocycles. The summed E-state index contributed by atoms with van der Waals surface area (Å²) in [7, 11) is -3.33. The van der Waals surface area contributed by atoms with Crippen LogP contribution in [0.1, 0.15) is 31.9 Å². The molecule has 1 saturated heterocycles. The molecule has 0 unspecified atom stereocenters. The Morgan fingerprint density at radius 1 is 1.09 bits per heavy atom. The van der Waals surface area contributed by atoms with E-state index in [9.17, 15) is 13.5 Å². The first kappa shape index (κ1) is 22.0. The lowest BCUT2D eigenvalue weighted by Gasteiger charge is -2.38. The lowest BCUT2D eigenvalue weighted by molar-refractivity contribution is -0.0507. The minimum Gasteiger partial charge on any atom is -0.386 e. The molecule has 3 aromatic rings. The van der Waals surface area contributed by atoms with Crippen molar-refractivity contribution in [3.8, 4) is 11.1 Å². The van der Waals surface area contributed by atoms with Crippen LogP contribution in [0.4, 0.5) is 11.6 Å². The van der Waals surface area contributed by atoms with Crippen LogP contribution in [0, 0.1) is 0 Å². The third-order valence-electron chi connectivity index (χ3n) is 6.57. The van der Waals surface area contributed by atoms with Crippen molar-refractivity contribution in [2.45, 2.75) is 36.7 Å². The Bertz CT molecular complexity index is 1310. The maximum Gasteiger partial charge on any atom is 0.229 e. The number of nitrogens with zero attached hydrogens (tertiary/aromatic N) is 3. The maximum atomic E-state index is 12.5. The minimum atomic E-state index is -3.33. The van der Waals surface area contributed by atoms with E-state index in [1.165, 1.54) is 0 Å². The molecule has 3 heterocycles. The van der Waals surface area contributed by atoms with Crippen LogP contribution in [0.2, 0.25) is 0 Å². The van der Waals surface area contributed by atoms with E-state index in [0.717, 1.165) is 27.9 Å². The third kappa shape index (κ3) is 3.72. The smallest absolute Gasteiger partial charge is 0.229 e. The zero-order valence-corrected chi connectivity index (χ0v) is 19.8. The lowest BCUT2D eigenvalue weighted by Crippen LogP contribution is -2.49. The van der Waals surface area contributed by atoms with Gasteiger partial charge < -0.3 is 14.7 Å². The van der Waals surface area contributed by atoms with Crippen molar-refractivity contribution >= 4 is 21.5 Å². The summed E-state index contributed by atoms with van der Waals surface area (Å²) in [6.45, 7) is 6.99. The Labute approximate surface area is 194 Å². The quantitative estimate of drug-likeness (QED) is 0.616. The molecular weight excluding hydrogens is 438 g/mol. The molecule has 33 heavy (non-hydrogen) atoms. The molecule has 8 heteroatoms. The molecule has 0 saturated carbocycles. The predicted molar refractivity (Wildman–Crippen MR) is 126 cm³/mol. The molecule has 1 fully saturated rings. The molecule has 172 valence electrons. The maximum absolute atomic E-state index is 12.5. The molecule has 2 aliphatic rings. The zero-order valence-electron chi connectivity index (χ0n) is 18.9. The number of anilines is 2. The first-order valence-electron chi connectivity index (χ1n) is 11.0. The molecule has 1 aromatic heterocycles. The monoisotopic (exact) mass is 465 g/mol. The highest BCUT2D eigenvalue weighted by atomic mass is 32.2. The summed E-state index contributed by atoms with van der Waals surface area (Å²) in [5, 5.41) is 10.3. The Kier molecular flexibility index (Phi) is 5.08. The third-order valence-corrected chi connectivity index (χ3v) is 8.30. The fraction of sp³-hybridized carbons (Fsp3) is 0.360. The van der Waals surface area contributed by atoms with Crippen molar-refractivity contribution in [2.75, 3.05) is 30.4 Å². The number of sulfone groups is 1. The number of hydrogen-bond acceptors (Lipinski definition) is 7. The van der Waals surface area contributed by atoms with E-state index in [-0.39, 0.29) is 11.2 Å². The summed E-state index contributed by atoms with van der Waals surface area (Å²) in [6.07, 6.45) is 3.53. The van der Waals surface area contributed by atoms with Crippen molar-refractivity contribution < 1.29 is 18.3 Å². The first-order chi connectivity index (χ1) is 15.6. The van der Waals surface area contributed by atoms with Crippen molar-refractivity contribution in [3.63, 3.8) is 0 Å². The summed E-state index contributed by atoms with van der Waals surface area (Å²) in [4.78, 5) is 11.6. The Morgan fingerprint density at radius 3 is 2.42 bits per heavy atom. The van der Waals surface area contributed by atoms with Gasteiger partial charge in [-0.1, -0.05) is 31.2 Å². The van der Waals surface area contributed by atoms with Gasteiger partial charge in [0.15, 0.2) is 9.84 Å². The average molecular weight is 466 g/mol. The molecule has 0 aliphatic carbocycles. The lowest BCUT2D eigenvalue weighted by atomic mass is 9.81. The van der Waals surface area contributed by atoms with Crippen LogP contribution in [0.25, 0.3) is 11.1 Å². The van der Waals surface area contributed by atoms with Crippen LogP contribution in [-0.4, -0.2) is 49.0 Å². The zero-order chi connectivity index (χ0) is 23.4. The van der Waals surface area contributed by atoms with E-state index >= 15 is 0 Å². The van der Waals surface area contributed by atoms with Gasteiger partial charge in [0, 0.05) is 30.2 Å². The van der Waals surface area contributed by atoms with Crippen molar-refractivity contribution in [3.05, 3.63) is 66.0 Å². The van der Waals surface area contributed by atoms with Crippen molar-refractivity contribution in [1.82, 2.24) is 9.97 Å². The second kappa shape index (κ2) is 7.62. The highest BCUT2D eigenvalue weighted by Gasteiger charge is 2.49.